The highest BCUT2D eigenvalue weighted by Gasteiger charge is 2.39. The number of halogens is 3. The van der Waals surface area contributed by atoms with Crippen LogP contribution in [0.5, 0.6) is 5.75 Å². The fourth-order valence-corrected chi connectivity index (χ4v) is 3.09. The molecule has 8 nitrogen and oxygen atoms in total. The number of anilines is 2. The lowest BCUT2D eigenvalue weighted by Crippen LogP contribution is -2.55. The van der Waals surface area contributed by atoms with Gasteiger partial charge in [0.05, 0.1) is 6.61 Å². The van der Waals surface area contributed by atoms with E-state index in [4.69, 9.17) is 10.1 Å². The van der Waals surface area contributed by atoms with Crippen LogP contribution in [0.1, 0.15) is 12.5 Å². The zero-order valence-corrected chi connectivity index (χ0v) is 16.8. The first-order valence-corrected chi connectivity index (χ1v) is 9.48. The molecule has 1 fully saturated rings. The van der Waals surface area contributed by atoms with Crippen LogP contribution in [0.4, 0.5) is 24.5 Å². The Morgan fingerprint density at radius 1 is 1.28 bits per heavy atom. The van der Waals surface area contributed by atoms with Gasteiger partial charge in [0.2, 0.25) is 0 Å². The lowest BCUT2D eigenvalue weighted by atomic mass is 10.1. The molecule has 0 bridgehead atoms. The normalized spacial score (nSPS) is 17.6. The summed E-state index contributed by atoms with van der Waals surface area (Å²) < 4.78 is 46.6. The largest absolute Gasteiger partial charge is 0.573 e. The molecule has 2 aromatic carbocycles. The van der Waals surface area contributed by atoms with E-state index in [9.17, 15) is 27.9 Å². The van der Waals surface area contributed by atoms with Crippen molar-refractivity contribution in [1.82, 2.24) is 0 Å². The van der Waals surface area contributed by atoms with Gasteiger partial charge in [-0.3, -0.25) is 9.59 Å². The smallest absolute Gasteiger partial charge is 0.406 e. The molecule has 170 valence electrons. The summed E-state index contributed by atoms with van der Waals surface area (Å²) in [7, 11) is 0. The quantitative estimate of drug-likeness (QED) is 0.585. The van der Waals surface area contributed by atoms with Gasteiger partial charge >= 0.3 is 6.36 Å². The number of morpholine rings is 1. The number of hydrogen-bond donors (Lipinski definition) is 3. The molecule has 3 rings (SSSR count). The van der Waals surface area contributed by atoms with Crippen LogP contribution in [0.2, 0.25) is 0 Å². The van der Waals surface area contributed by atoms with E-state index < -0.39 is 36.1 Å². The molecule has 1 aliphatic heterocycles. The van der Waals surface area contributed by atoms with E-state index in [1.54, 1.807) is 31.2 Å². The van der Waals surface area contributed by atoms with Crippen molar-refractivity contribution in [2.75, 3.05) is 23.4 Å². The number of rotatable bonds is 6. The number of amides is 2. The van der Waals surface area contributed by atoms with Crippen LogP contribution in [0.3, 0.4) is 0 Å². The monoisotopic (exact) mass is 451 g/mol. The molecule has 32 heavy (non-hydrogen) atoms. The lowest BCUT2D eigenvalue weighted by Gasteiger charge is -2.34. The maximum Gasteiger partial charge on any atom is 0.573 e. The summed E-state index contributed by atoms with van der Waals surface area (Å²) in [5.74, 6) is -2.18. The minimum atomic E-state index is -4.89. The first kappa shape index (κ1) is 23.2. The molecule has 0 radical (unpaired) electrons. The van der Waals surface area contributed by atoms with E-state index in [0.717, 1.165) is 17.0 Å². The number of nitrogens with one attached hydrogen (secondary N) is 2. The van der Waals surface area contributed by atoms with Crippen LogP contribution in [0, 0.1) is 5.41 Å². The fraction of sp³-hybridized carbons (Fsp3) is 0.286. The van der Waals surface area contributed by atoms with E-state index in [-0.39, 0.29) is 18.8 Å². The second kappa shape index (κ2) is 9.37. The number of carbonyl (C=O) groups is 2. The van der Waals surface area contributed by atoms with E-state index in [2.05, 4.69) is 10.1 Å². The highest BCUT2D eigenvalue weighted by Crippen LogP contribution is 2.28. The topological polar surface area (TPSA) is 112 Å². The van der Waals surface area contributed by atoms with Crippen molar-refractivity contribution in [3.8, 4) is 5.75 Å². The number of ether oxygens (including phenoxy) is 2. The maximum absolute atomic E-state index is 12.8. The number of alkyl halides is 3. The summed E-state index contributed by atoms with van der Waals surface area (Å²) >= 11 is 0. The number of carbonyl (C=O) groups excluding carboxylic acids is 2. The molecular formula is C21H20F3N3O5. The molecular weight excluding hydrogens is 431 g/mol. The number of aliphatic hydroxyl groups excluding tert-OH is 1. The van der Waals surface area contributed by atoms with Gasteiger partial charge in [-0.1, -0.05) is 18.2 Å². The van der Waals surface area contributed by atoms with Crippen molar-refractivity contribution in [1.29, 1.82) is 5.41 Å². The van der Waals surface area contributed by atoms with Crippen molar-refractivity contribution < 1.29 is 37.3 Å². The minimum absolute atomic E-state index is 0.0174. The molecule has 2 unspecified atom stereocenters. The summed E-state index contributed by atoms with van der Waals surface area (Å²) in [6.07, 6.45) is -8.29. The van der Waals surface area contributed by atoms with Gasteiger partial charge in [0, 0.05) is 29.7 Å². The summed E-state index contributed by atoms with van der Waals surface area (Å²) in [5.41, 5.74) is 1.45. The van der Waals surface area contributed by atoms with E-state index in [1.807, 2.05) is 0 Å². The Hall–Kier alpha value is -3.44. The molecule has 0 spiro atoms. The molecule has 1 heterocycles. The summed E-state index contributed by atoms with van der Waals surface area (Å²) in [5, 5.41) is 20.4. The molecule has 0 saturated carbocycles. The van der Waals surface area contributed by atoms with Gasteiger partial charge in [0.15, 0.2) is 12.2 Å². The van der Waals surface area contributed by atoms with Crippen molar-refractivity contribution >= 4 is 28.9 Å². The van der Waals surface area contributed by atoms with Gasteiger partial charge in [0.1, 0.15) is 5.75 Å². The third-order valence-electron chi connectivity index (χ3n) is 4.63. The average molecular weight is 451 g/mol. The van der Waals surface area contributed by atoms with Gasteiger partial charge in [-0.05, 0) is 36.8 Å². The molecule has 2 atom stereocenters. The van der Waals surface area contributed by atoms with Gasteiger partial charge in [-0.15, -0.1) is 13.2 Å². The van der Waals surface area contributed by atoms with E-state index in [0.29, 0.717) is 17.0 Å². The van der Waals surface area contributed by atoms with E-state index in [1.165, 1.54) is 12.1 Å². The van der Waals surface area contributed by atoms with Crippen LogP contribution >= 0.6 is 0 Å². The Balaban J connectivity index is 1.70. The molecule has 0 aromatic heterocycles. The van der Waals surface area contributed by atoms with Crippen molar-refractivity contribution in [2.24, 2.45) is 0 Å². The Morgan fingerprint density at radius 2 is 1.97 bits per heavy atom. The second-order valence-electron chi connectivity index (χ2n) is 6.96. The predicted octanol–water partition coefficient (Wildman–Crippen LogP) is 2.70. The Bertz CT molecular complexity index is 1010. The average Bonchev–Trinajstić information content (AvgIpc) is 2.72. The first-order chi connectivity index (χ1) is 15.0. The van der Waals surface area contributed by atoms with Gasteiger partial charge < -0.3 is 30.2 Å². The number of nitrogens with zero attached hydrogens (tertiary/aromatic N) is 1. The van der Waals surface area contributed by atoms with Crippen LogP contribution < -0.4 is 15.0 Å². The van der Waals surface area contributed by atoms with Crippen LogP contribution in [0.25, 0.3) is 0 Å². The van der Waals surface area contributed by atoms with E-state index >= 15 is 0 Å². The van der Waals surface area contributed by atoms with Crippen molar-refractivity contribution in [2.45, 2.75) is 25.5 Å². The van der Waals surface area contributed by atoms with Gasteiger partial charge in [-0.25, -0.2) is 0 Å². The van der Waals surface area contributed by atoms with Gasteiger partial charge in [-0.2, -0.15) is 0 Å². The zero-order valence-electron chi connectivity index (χ0n) is 16.8. The summed E-state index contributed by atoms with van der Waals surface area (Å²) in [4.78, 5) is 26.4. The molecule has 1 aliphatic rings. The Labute approximate surface area is 181 Å². The minimum Gasteiger partial charge on any atom is -0.406 e. The molecule has 1 saturated heterocycles. The maximum atomic E-state index is 12.8. The Kier molecular flexibility index (Phi) is 6.80. The molecule has 3 N–H and O–H groups in total. The Morgan fingerprint density at radius 3 is 2.59 bits per heavy atom. The summed E-state index contributed by atoms with van der Waals surface area (Å²) in [6.45, 7) is 1.59. The number of aliphatic hydroxyl groups is 1. The summed E-state index contributed by atoms with van der Waals surface area (Å²) in [6, 6.07) is 11.1. The SMILES string of the molecule is CC(=N)c1ccc(NC(=O)C(O)C2OCCN(c3cccc(OC(F)(F)F)c3)C2=O)cc1. The first-order valence-electron chi connectivity index (χ1n) is 9.48. The molecule has 11 heteroatoms. The standard InChI is InChI=1S/C21H20F3N3O5/c1-12(25)13-5-7-14(8-6-13)26-19(29)17(28)18-20(30)27(9-10-31-18)15-3-2-4-16(11-15)32-21(22,23)24/h2-8,11,17-18,25,28H,9-10H2,1H3,(H,26,29). The highest BCUT2D eigenvalue weighted by molar-refractivity contribution is 6.04. The van der Waals surface area contributed by atoms with Crippen molar-refractivity contribution in [3.05, 3.63) is 54.1 Å². The third-order valence-corrected chi connectivity index (χ3v) is 4.63. The molecule has 2 amide bonds. The molecule has 0 aliphatic carbocycles. The predicted molar refractivity (Wildman–Crippen MR) is 109 cm³/mol. The number of hydrogen-bond acceptors (Lipinski definition) is 6. The van der Waals surface area contributed by atoms with Crippen molar-refractivity contribution in [3.63, 3.8) is 0 Å². The van der Waals surface area contributed by atoms with Gasteiger partial charge in [0.25, 0.3) is 11.8 Å². The second-order valence-corrected chi connectivity index (χ2v) is 6.96. The third kappa shape index (κ3) is 5.62. The van der Waals surface area contributed by atoms with Crippen LogP contribution in [0.15, 0.2) is 48.5 Å². The molecule has 2 aromatic rings. The lowest BCUT2D eigenvalue weighted by molar-refractivity contribution is -0.274. The highest BCUT2D eigenvalue weighted by atomic mass is 19.4. The zero-order chi connectivity index (χ0) is 23.5. The fourth-order valence-electron chi connectivity index (χ4n) is 3.09. The number of benzene rings is 2. The van der Waals surface area contributed by atoms with Crippen LogP contribution in [-0.2, 0) is 14.3 Å². The van der Waals surface area contributed by atoms with Crippen LogP contribution in [-0.4, -0.2) is 54.4 Å².